The predicted octanol–water partition coefficient (Wildman–Crippen LogP) is 2.20. The van der Waals surface area contributed by atoms with E-state index in [9.17, 15) is 9.79 Å². The van der Waals surface area contributed by atoms with Crippen molar-refractivity contribution in [2.24, 2.45) is 0 Å². The van der Waals surface area contributed by atoms with Crippen molar-refractivity contribution in [1.82, 2.24) is 0 Å². The Morgan fingerprint density at radius 3 is 2.50 bits per heavy atom. The van der Waals surface area contributed by atoms with Gasteiger partial charge in [0.05, 0.1) is 0 Å². The molecule has 8 heteroatoms. The molecule has 2 N–H and O–H groups in total. The van der Waals surface area contributed by atoms with Crippen molar-refractivity contribution in [2.75, 3.05) is 19.8 Å². The van der Waals surface area contributed by atoms with Crippen LogP contribution in [0.5, 0.6) is 0 Å². The molecule has 106 valence electrons. The fourth-order valence-electron chi connectivity index (χ4n) is 0.938. The van der Waals surface area contributed by atoms with E-state index in [0.29, 0.717) is 0 Å². The molecule has 0 aromatic heterocycles. The number of rotatable bonds is 9. The topological polar surface area (TPSA) is 68.2 Å². The van der Waals surface area contributed by atoms with E-state index in [1.54, 1.807) is 6.92 Å². The first-order valence-corrected chi connectivity index (χ1v) is 8.92. The molecule has 0 aliphatic rings. The van der Waals surface area contributed by atoms with E-state index in [1.165, 1.54) is 6.08 Å². The zero-order valence-corrected chi connectivity index (χ0v) is 12.4. The van der Waals surface area contributed by atoms with Crippen molar-refractivity contribution in [3.8, 4) is 12.3 Å². The summed E-state index contributed by atoms with van der Waals surface area (Å²) < 4.78 is 15.1. The van der Waals surface area contributed by atoms with E-state index in [4.69, 9.17) is 42.9 Å². The molecule has 0 spiro atoms. The summed E-state index contributed by atoms with van der Waals surface area (Å²) >= 11 is 10.5. The molecule has 0 saturated carbocycles. The summed E-state index contributed by atoms with van der Waals surface area (Å²) in [6, 6.07) is 0. The number of ether oxygens (including phenoxy) is 2. The molecule has 0 aliphatic carbocycles. The average molecular weight is 319 g/mol. The Kier molecular flexibility index (Phi) is 7.69. The van der Waals surface area contributed by atoms with Gasteiger partial charge < -0.3 is 0 Å². The molecule has 2 atom stereocenters. The van der Waals surface area contributed by atoms with E-state index >= 15 is 0 Å². The summed E-state index contributed by atoms with van der Waals surface area (Å²) in [5.74, 6) is -2.77. The summed E-state index contributed by atoms with van der Waals surface area (Å²) in [5, 5.41) is 0. The average Bonchev–Trinajstić information content (AvgIpc) is 2.22. The number of hydrogen-bond donors (Lipinski definition) is 2. The standard InChI is InChI=1S/C10H17Cl2O5P/c1-4-6-15-7-10(8-16-9(3)5-2)17-18(11,12,13)14/h2,4,9-10,13-14H,1,6-8H2,3H3. The van der Waals surface area contributed by atoms with Gasteiger partial charge in [0.1, 0.15) is 0 Å². The van der Waals surface area contributed by atoms with Crippen molar-refractivity contribution in [3.05, 3.63) is 12.7 Å². The molecule has 0 aliphatic heterocycles. The molecule has 0 radical (unpaired) electrons. The molecule has 18 heavy (non-hydrogen) atoms. The molecule has 0 rings (SSSR count). The summed E-state index contributed by atoms with van der Waals surface area (Å²) in [6.45, 7) is 5.35. The van der Waals surface area contributed by atoms with Gasteiger partial charge in [-0.25, -0.2) is 0 Å². The van der Waals surface area contributed by atoms with Crippen LogP contribution in [0, 0.1) is 12.3 Å². The molecule has 5 nitrogen and oxygen atoms in total. The molecule has 0 heterocycles. The number of terminal acetylenes is 1. The first-order valence-electron chi connectivity index (χ1n) is 5.05. The van der Waals surface area contributed by atoms with Gasteiger partial charge in [-0.15, -0.1) is 0 Å². The minimum absolute atomic E-state index is 0.00176. The zero-order chi connectivity index (χ0) is 14.3. The van der Waals surface area contributed by atoms with Gasteiger partial charge in [0, 0.05) is 0 Å². The Bertz CT molecular complexity index is 300. The third-order valence-corrected chi connectivity index (χ3v) is 2.75. The molecule has 0 bridgehead atoms. The van der Waals surface area contributed by atoms with Gasteiger partial charge in [0.2, 0.25) is 0 Å². The maximum atomic E-state index is 9.26. The Balaban J connectivity index is 4.34. The zero-order valence-electron chi connectivity index (χ0n) is 9.96. The van der Waals surface area contributed by atoms with Crippen LogP contribution in [0.2, 0.25) is 0 Å². The SMILES string of the molecule is C#CC(C)OCC(COCC=C)OP(O)(O)(Cl)Cl. The molecule has 0 amide bonds. The molecule has 0 aromatic carbocycles. The molecular weight excluding hydrogens is 302 g/mol. The van der Waals surface area contributed by atoms with Crippen molar-refractivity contribution < 1.29 is 23.8 Å². The fraction of sp³-hybridized carbons (Fsp3) is 0.600. The first kappa shape index (κ1) is 18.1. The van der Waals surface area contributed by atoms with Crippen LogP contribution < -0.4 is 0 Å². The van der Waals surface area contributed by atoms with Crippen LogP contribution in [0.4, 0.5) is 0 Å². The normalized spacial score (nSPS) is 17.2. The monoisotopic (exact) mass is 318 g/mol. The second-order valence-electron chi connectivity index (χ2n) is 3.45. The third kappa shape index (κ3) is 11.2. The third-order valence-electron chi connectivity index (χ3n) is 1.63. The van der Waals surface area contributed by atoms with Crippen LogP contribution >= 0.6 is 28.5 Å². The van der Waals surface area contributed by atoms with E-state index in [0.717, 1.165) is 0 Å². The van der Waals surface area contributed by atoms with Crippen LogP contribution in [0.3, 0.4) is 0 Å². The van der Waals surface area contributed by atoms with Crippen LogP contribution in [-0.2, 0) is 14.0 Å². The van der Waals surface area contributed by atoms with Gasteiger partial charge >= 0.3 is 116 Å². The van der Waals surface area contributed by atoms with E-state index in [-0.39, 0.29) is 19.8 Å². The molecule has 2 unspecified atom stereocenters. The molecule has 0 saturated heterocycles. The van der Waals surface area contributed by atoms with Crippen molar-refractivity contribution >= 4 is 28.5 Å². The van der Waals surface area contributed by atoms with Crippen molar-refractivity contribution in [2.45, 2.75) is 19.1 Å². The van der Waals surface area contributed by atoms with Crippen molar-refractivity contribution in [3.63, 3.8) is 0 Å². The Labute approximate surface area is 116 Å². The van der Waals surface area contributed by atoms with E-state index in [1.807, 2.05) is 0 Å². The summed E-state index contributed by atoms with van der Waals surface area (Å²) in [6.07, 6.45) is 5.35. The Morgan fingerprint density at radius 2 is 2.06 bits per heavy atom. The van der Waals surface area contributed by atoms with Gasteiger partial charge in [0.25, 0.3) is 0 Å². The summed E-state index contributed by atoms with van der Waals surface area (Å²) in [7, 11) is 0. The second kappa shape index (κ2) is 7.64. The fourth-order valence-corrected chi connectivity index (χ4v) is 2.23. The Hall–Kier alpha value is 0.110. The van der Waals surface area contributed by atoms with Crippen LogP contribution in [0.25, 0.3) is 0 Å². The molecule has 0 fully saturated rings. The summed E-state index contributed by atoms with van der Waals surface area (Å²) in [4.78, 5) is 18.5. The van der Waals surface area contributed by atoms with Gasteiger partial charge in [-0.05, 0) is 0 Å². The number of halogens is 2. The van der Waals surface area contributed by atoms with Crippen LogP contribution in [0.15, 0.2) is 12.7 Å². The minimum atomic E-state index is -5.12. The van der Waals surface area contributed by atoms with Crippen LogP contribution in [0.1, 0.15) is 6.92 Å². The van der Waals surface area contributed by atoms with Gasteiger partial charge in [-0.2, -0.15) is 0 Å². The molecular formula is C10H17Cl2O5P. The van der Waals surface area contributed by atoms with Crippen LogP contribution in [-0.4, -0.2) is 41.8 Å². The Morgan fingerprint density at radius 1 is 1.44 bits per heavy atom. The van der Waals surface area contributed by atoms with Crippen molar-refractivity contribution in [1.29, 1.82) is 0 Å². The van der Waals surface area contributed by atoms with Gasteiger partial charge in [0.15, 0.2) is 0 Å². The van der Waals surface area contributed by atoms with Gasteiger partial charge in [-0.1, -0.05) is 0 Å². The van der Waals surface area contributed by atoms with E-state index in [2.05, 4.69) is 12.5 Å². The predicted molar refractivity (Wildman–Crippen MR) is 73.2 cm³/mol. The second-order valence-corrected chi connectivity index (χ2v) is 9.35. The quantitative estimate of drug-likeness (QED) is 0.295. The maximum absolute atomic E-state index is 9.26. The molecule has 0 aromatic rings. The number of hydrogen-bond acceptors (Lipinski definition) is 5. The van der Waals surface area contributed by atoms with Gasteiger partial charge in [-0.3, -0.25) is 0 Å². The van der Waals surface area contributed by atoms with E-state index < -0.39 is 18.2 Å². The first-order chi connectivity index (χ1) is 8.14. The summed E-state index contributed by atoms with van der Waals surface area (Å²) in [5.41, 5.74) is 0.